The molecule has 0 bridgehead atoms. The Hall–Kier alpha value is -3.00. The molecule has 0 saturated carbocycles. The topological polar surface area (TPSA) is 79.2 Å². The molecule has 1 aromatic carbocycles. The molecule has 1 saturated heterocycles. The average Bonchev–Trinajstić information content (AvgIpc) is 3.39. The number of carbonyl (C=O) groups excluding carboxylic acids is 1. The molecule has 1 amide bonds. The third kappa shape index (κ3) is 3.41. The van der Waals surface area contributed by atoms with Gasteiger partial charge in [-0.15, -0.1) is 0 Å². The summed E-state index contributed by atoms with van der Waals surface area (Å²) in [5.41, 5.74) is 4.54. The molecular formula is C22H27N7O. The van der Waals surface area contributed by atoms with Crippen LogP contribution in [-0.4, -0.2) is 62.8 Å². The number of aromatic nitrogens is 4. The molecule has 8 nitrogen and oxygen atoms in total. The fraction of sp³-hybridized carbons (Fsp3) is 0.455. The number of piperazine rings is 1. The van der Waals surface area contributed by atoms with Crippen LogP contribution in [0.5, 0.6) is 0 Å². The molecule has 8 heteroatoms. The number of aryl methyl sites for hydroxylation is 3. The quantitative estimate of drug-likeness (QED) is 0.715. The van der Waals surface area contributed by atoms with Gasteiger partial charge in [-0.3, -0.25) is 14.4 Å². The van der Waals surface area contributed by atoms with Gasteiger partial charge < -0.3 is 10.2 Å². The Labute approximate surface area is 175 Å². The molecule has 1 atom stereocenters. The molecule has 156 valence electrons. The highest BCUT2D eigenvalue weighted by atomic mass is 16.2. The lowest BCUT2D eigenvalue weighted by atomic mass is 10.1. The first-order chi connectivity index (χ1) is 14.6. The van der Waals surface area contributed by atoms with Crippen LogP contribution in [-0.2, 0) is 24.7 Å². The summed E-state index contributed by atoms with van der Waals surface area (Å²) in [6.07, 6.45) is 6.90. The van der Waals surface area contributed by atoms with E-state index in [0.29, 0.717) is 0 Å². The second-order valence-electron chi connectivity index (χ2n) is 8.23. The first-order valence-electron chi connectivity index (χ1n) is 10.6. The number of amides is 1. The number of carbonyl (C=O) groups is 1. The van der Waals surface area contributed by atoms with Crippen molar-refractivity contribution >= 4 is 28.4 Å². The summed E-state index contributed by atoms with van der Waals surface area (Å²) in [4.78, 5) is 26.2. The zero-order chi connectivity index (χ0) is 20.7. The lowest BCUT2D eigenvalue weighted by Gasteiger charge is -2.38. The first-order valence-corrected chi connectivity index (χ1v) is 10.6. The van der Waals surface area contributed by atoms with Crippen molar-refractivity contribution in [2.24, 2.45) is 7.05 Å². The summed E-state index contributed by atoms with van der Waals surface area (Å²) in [7, 11) is 1.89. The summed E-state index contributed by atoms with van der Waals surface area (Å²) >= 11 is 0. The SMILES string of the molecule is CC(C(=O)Nc1ccc2c(c1)CCC2)N1CCN(c2ncnc3c2cnn3C)CC1. The van der Waals surface area contributed by atoms with Crippen LogP contribution in [0.15, 0.2) is 30.7 Å². The molecule has 1 unspecified atom stereocenters. The number of hydrogen-bond acceptors (Lipinski definition) is 6. The molecule has 1 fully saturated rings. The Bertz CT molecular complexity index is 1080. The highest BCUT2D eigenvalue weighted by Gasteiger charge is 2.27. The van der Waals surface area contributed by atoms with Gasteiger partial charge in [-0.05, 0) is 49.4 Å². The van der Waals surface area contributed by atoms with Crippen LogP contribution < -0.4 is 10.2 Å². The Morgan fingerprint density at radius 2 is 1.90 bits per heavy atom. The highest BCUT2D eigenvalue weighted by molar-refractivity contribution is 5.94. The van der Waals surface area contributed by atoms with E-state index in [1.54, 1.807) is 11.0 Å². The number of nitrogens with one attached hydrogen (secondary N) is 1. The van der Waals surface area contributed by atoms with Crippen LogP contribution in [0.3, 0.4) is 0 Å². The lowest BCUT2D eigenvalue weighted by Crippen LogP contribution is -2.53. The molecule has 30 heavy (non-hydrogen) atoms. The summed E-state index contributed by atoms with van der Waals surface area (Å²) in [6, 6.07) is 6.15. The van der Waals surface area contributed by atoms with Gasteiger partial charge in [0.05, 0.1) is 17.6 Å². The zero-order valence-corrected chi connectivity index (χ0v) is 17.5. The fourth-order valence-corrected chi connectivity index (χ4v) is 4.58. The molecule has 5 rings (SSSR count). The van der Waals surface area contributed by atoms with Crippen LogP contribution in [0.1, 0.15) is 24.5 Å². The van der Waals surface area contributed by atoms with Crippen LogP contribution in [0.4, 0.5) is 11.5 Å². The first kappa shape index (κ1) is 19.0. The maximum absolute atomic E-state index is 12.8. The molecular weight excluding hydrogens is 378 g/mol. The van der Waals surface area contributed by atoms with E-state index in [2.05, 4.69) is 42.3 Å². The summed E-state index contributed by atoms with van der Waals surface area (Å²) in [5.74, 6) is 0.973. The predicted molar refractivity (Wildman–Crippen MR) is 117 cm³/mol. The van der Waals surface area contributed by atoms with E-state index in [1.165, 1.54) is 17.5 Å². The minimum Gasteiger partial charge on any atom is -0.353 e. The Kier molecular flexibility index (Phi) is 4.86. The second kappa shape index (κ2) is 7.68. The Morgan fingerprint density at radius 1 is 1.10 bits per heavy atom. The molecule has 2 aliphatic rings. The van der Waals surface area contributed by atoms with E-state index in [-0.39, 0.29) is 11.9 Å². The van der Waals surface area contributed by atoms with Gasteiger partial charge in [0.1, 0.15) is 12.1 Å². The Morgan fingerprint density at radius 3 is 2.73 bits per heavy atom. The van der Waals surface area contributed by atoms with Crippen molar-refractivity contribution in [3.63, 3.8) is 0 Å². The average molecular weight is 406 g/mol. The number of anilines is 2. The van der Waals surface area contributed by atoms with Crippen LogP contribution in [0, 0.1) is 0 Å². The van der Waals surface area contributed by atoms with Crippen molar-refractivity contribution in [3.05, 3.63) is 41.9 Å². The maximum Gasteiger partial charge on any atom is 0.241 e. The van der Waals surface area contributed by atoms with Gasteiger partial charge in [0.2, 0.25) is 5.91 Å². The van der Waals surface area contributed by atoms with E-state index < -0.39 is 0 Å². The molecule has 3 aromatic rings. The molecule has 2 aromatic heterocycles. The van der Waals surface area contributed by atoms with E-state index in [0.717, 1.165) is 61.6 Å². The zero-order valence-electron chi connectivity index (χ0n) is 17.5. The molecule has 1 aliphatic carbocycles. The number of fused-ring (bicyclic) bond motifs is 2. The second-order valence-corrected chi connectivity index (χ2v) is 8.23. The van der Waals surface area contributed by atoms with Crippen LogP contribution in [0.2, 0.25) is 0 Å². The van der Waals surface area contributed by atoms with E-state index in [4.69, 9.17) is 0 Å². The normalized spacial score (nSPS) is 17.9. The minimum absolute atomic E-state index is 0.0538. The molecule has 0 spiro atoms. The largest absolute Gasteiger partial charge is 0.353 e. The maximum atomic E-state index is 12.8. The van der Waals surface area contributed by atoms with Crippen LogP contribution in [0.25, 0.3) is 11.0 Å². The Balaban J connectivity index is 1.22. The number of nitrogens with zero attached hydrogens (tertiary/aromatic N) is 6. The summed E-state index contributed by atoms with van der Waals surface area (Å²) in [6.45, 7) is 5.24. The van der Waals surface area contributed by atoms with Gasteiger partial charge in [-0.1, -0.05) is 6.07 Å². The predicted octanol–water partition coefficient (Wildman–Crippen LogP) is 2.00. The van der Waals surface area contributed by atoms with E-state index >= 15 is 0 Å². The van der Waals surface area contributed by atoms with Gasteiger partial charge in [-0.25, -0.2) is 9.97 Å². The van der Waals surface area contributed by atoms with Gasteiger partial charge in [0, 0.05) is 38.9 Å². The molecule has 1 aliphatic heterocycles. The van der Waals surface area contributed by atoms with Crippen LogP contribution >= 0.6 is 0 Å². The van der Waals surface area contributed by atoms with E-state index in [1.807, 2.05) is 26.2 Å². The van der Waals surface area contributed by atoms with Crippen molar-refractivity contribution < 1.29 is 4.79 Å². The van der Waals surface area contributed by atoms with Crippen molar-refractivity contribution in [3.8, 4) is 0 Å². The van der Waals surface area contributed by atoms with Crippen molar-refractivity contribution in [1.82, 2.24) is 24.6 Å². The molecule has 3 heterocycles. The standard InChI is InChI=1S/C22H27N7O/c1-15(22(30)26-18-7-6-16-4-3-5-17(16)12-18)28-8-10-29(11-9-28)21-19-13-25-27(2)20(19)23-14-24-21/h6-7,12-15H,3-5,8-11H2,1-2H3,(H,26,30). The number of benzene rings is 1. The lowest BCUT2D eigenvalue weighted by molar-refractivity contribution is -0.120. The van der Waals surface area contributed by atoms with Crippen molar-refractivity contribution in [2.45, 2.75) is 32.2 Å². The van der Waals surface area contributed by atoms with Gasteiger partial charge in [-0.2, -0.15) is 5.10 Å². The molecule has 1 N–H and O–H groups in total. The monoisotopic (exact) mass is 405 g/mol. The summed E-state index contributed by atoms with van der Waals surface area (Å²) in [5, 5.41) is 8.38. The fourth-order valence-electron chi connectivity index (χ4n) is 4.58. The van der Waals surface area contributed by atoms with Gasteiger partial charge >= 0.3 is 0 Å². The number of hydrogen-bond donors (Lipinski definition) is 1. The van der Waals surface area contributed by atoms with Crippen molar-refractivity contribution in [2.75, 3.05) is 36.4 Å². The third-order valence-electron chi connectivity index (χ3n) is 6.42. The molecule has 0 radical (unpaired) electrons. The summed E-state index contributed by atoms with van der Waals surface area (Å²) < 4.78 is 1.77. The van der Waals surface area contributed by atoms with Gasteiger partial charge in [0.25, 0.3) is 0 Å². The third-order valence-corrected chi connectivity index (χ3v) is 6.42. The van der Waals surface area contributed by atoms with Crippen molar-refractivity contribution in [1.29, 1.82) is 0 Å². The van der Waals surface area contributed by atoms with Gasteiger partial charge in [0.15, 0.2) is 5.65 Å². The number of rotatable bonds is 4. The van der Waals surface area contributed by atoms with E-state index in [9.17, 15) is 4.79 Å². The highest BCUT2D eigenvalue weighted by Crippen LogP contribution is 2.26. The minimum atomic E-state index is -0.177. The smallest absolute Gasteiger partial charge is 0.241 e.